The lowest BCUT2D eigenvalue weighted by molar-refractivity contribution is -0.359. The number of ether oxygens (including phenoxy) is 4. The molecule has 2 saturated heterocycles. The maximum absolute atomic E-state index is 13.2. The van der Waals surface area contributed by atoms with Crippen LogP contribution in [0.2, 0.25) is 0 Å². The Hall–Kier alpha value is -1.27. The molecule has 0 radical (unpaired) electrons. The molecule has 0 bridgehead atoms. The summed E-state index contributed by atoms with van der Waals surface area (Å²) in [7, 11) is 0. The number of allylic oxidation sites excluding steroid dienone is 1. The van der Waals surface area contributed by atoms with E-state index in [-0.39, 0.29) is 18.9 Å². The van der Waals surface area contributed by atoms with E-state index in [4.69, 9.17) is 18.9 Å². The van der Waals surface area contributed by atoms with Gasteiger partial charge >= 0.3 is 0 Å². The summed E-state index contributed by atoms with van der Waals surface area (Å²) in [5.41, 5.74) is 0. The van der Waals surface area contributed by atoms with Crippen molar-refractivity contribution in [1.29, 1.82) is 0 Å². The number of hydrogen-bond donors (Lipinski definition) is 9. The topological polar surface area (TPSA) is 228 Å². The van der Waals surface area contributed by atoms with Gasteiger partial charge in [0.2, 0.25) is 5.91 Å². The van der Waals surface area contributed by atoms with Crippen molar-refractivity contribution in [3.8, 4) is 0 Å². The fourth-order valence-corrected chi connectivity index (χ4v) is 11.0. The van der Waals surface area contributed by atoms with Gasteiger partial charge in [0.25, 0.3) is 0 Å². The average Bonchev–Trinajstić information content (AvgIpc) is 3.43. The molecule has 2 fully saturated rings. The zero-order chi connectivity index (χ0) is 56.0. The van der Waals surface area contributed by atoms with E-state index < -0.39 is 86.8 Å². The van der Waals surface area contributed by atoms with Crippen LogP contribution in [0.4, 0.5) is 0 Å². The first-order valence-electron chi connectivity index (χ1n) is 32.4. The Kier molecular flexibility index (Phi) is 46.0. The maximum Gasteiger partial charge on any atom is 0.220 e. The molecule has 2 aliphatic rings. The Morgan fingerprint density at radius 1 is 0.455 bits per heavy atom. The summed E-state index contributed by atoms with van der Waals surface area (Å²) in [5, 5.41) is 87.0. The minimum atomic E-state index is -1.78. The normalized spacial score (nSPS) is 24.7. The van der Waals surface area contributed by atoms with Crippen LogP contribution in [0.1, 0.15) is 290 Å². The Bertz CT molecular complexity index is 1340. The number of unbranched alkanes of at least 4 members (excludes halogenated alkanes) is 40. The van der Waals surface area contributed by atoms with Crippen LogP contribution in [0.15, 0.2) is 12.2 Å². The molecular weight excluding hydrogens is 979 g/mol. The molecule has 0 aromatic heterocycles. The Balaban J connectivity index is 1.61. The van der Waals surface area contributed by atoms with Crippen molar-refractivity contribution in [3.05, 3.63) is 12.2 Å². The molecule has 2 rings (SSSR count). The van der Waals surface area contributed by atoms with E-state index in [1.165, 1.54) is 225 Å². The zero-order valence-electron chi connectivity index (χ0n) is 49.2. The first kappa shape index (κ1) is 71.8. The Labute approximate surface area is 469 Å². The van der Waals surface area contributed by atoms with Crippen molar-refractivity contribution < 1.29 is 64.6 Å². The number of nitrogens with one attached hydrogen (secondary N) is 1. The standard InChI is InChI=1S/C63H121NO13/c1-3-5-7-9-11-13-15-16-17-18-19-20-21-22-23-24-25-26-27-28-29-30-31-32-33-34-35-36-37-38-40-42-44-46-52(67)51(64-55(68)47-45-43-41-39-14-12-10-8-6-4-2)50-74-62-60(73)58(71)61(54(49-66)76-62)77-63-59(72)57(70)56(69)53(48-65)75-63/h44,46,51-54,56-63,65-67,69-73H,3-43,45,47-50H2,1-2H3,(H,64,68)/b46-44+. The van der Waals surface area contributed by atoms with Gasteiger partial charge in [-0.25, -0.2) is 0 Å². The molecule has 0 spiro atoms. The third kappa shape index (κ3) is 34.7. The predicted molar refractivity (Wildman–Crippen MR) is 309 cm³/mol. The highest BCUT2D eigenvalue weighted by Gasteiger charge is 2.51. The summed E-state index contributed by atoms with van der Waals surface area (Å²) in [6.45, 7) is 2.81. The van der Waals surface area contributed by atoms with E-state index in [1.807, 2.05) is 6.08 Å². The van der Waals surface area contributed by atoms with Crippen molar-refractivity contribution in [2.24, 2.45) is 0 Å². The fourth-order valence-electron chi connectivity index (χ4n) is 11.0. The van der Waals surface area contributed by atoms with Crippen LogP contribution in [0.5, 0.6) is 0 Å². The van der Waals surface area contributed by atoms with Gasteiger partial charge in [0.1, 0.15) is 48.8 Å². The van der Waals surface area contributed by atoms with Crippen LogP contribution in [-0.2, 0) is 23.7 Å². The van der Waals surface area contributed by atoms with Crippen LogP contribution < -0.4 is 5.32 Å². The van der Waals surface area contributed by atoms with Crippen LogP contribution in [0, 0.1) is 0 Å². The number of rotatable bonds is 53. The van der Waals surface area contributed by atoms with E-state index in [2.05, 4.69) is 19.2 Å². The minimum Gasteiger partial charge on any atom is -0.394 e. The lowest BCUT2D eigenvalue weighted by Crippen LogP contribution is -2.65. The van der Waals surface area contributed by atoms with Crippen molar-refractivity contribution in [3.63, 3.8) is 0 Å². The number of aliphatic hydroxyl groups excluding tert-OH is 8. The number of carbonyl (C=O) groups excluding carboxylic acids is 1. The molecule has 0 aromatic rings. The molecule has 12 unspecified atom stereocenters. The quantitative estimate of drug-likeness (QED) is 0.0204. The molecule has 0 aliphatic carbocycles. The van der Waals surface area contributed by atoms with Crippen molar-refractivity contribution in [2.45, 2.75) is 364 Å². The molecular formula is C63H121NO13. The van der Waals surface area contributed by atoms with Gasteiger partial charge < -0.3 is 65.1 Å². The zero-order valence-corrected chi connectivity index (χ0v) is 49.2. The number of aliphatic hydroxyl groups is 8. The largest absolute Gasteiger partial charge is 0.394 e. The Morgan fingerprint density at radius 3 is 1.19 bits per heavy atom. The molecule has 2 heterocycles. The molecule has 9 N–H and O–H groups in total. The van der Waals surface area contributed by atoms with Crippen molar-refractivity contribution >= 4 is 5.91 Å². The van der Waals surface area contributed by atoms with E-state index in [9.17, 15) is 45.6 Å². The van der Waals surface area contributed by atoms with E-state index >= 15 is 0 Å². The number of carbonyl (C=O) groups is 1. The lowest BCUT2D eigenvalue weighted by atomic mass is 9.97. The number of amides is 1. The average molecular weight is 1100 g/mol. The third-order valence-electron chi connectivity index (χ3n) is 16.2. The fraction of sp³-hybridized carbons (Fsp3) is 0.952. The van der Waals surface area contributed by atoms with Gasteiger partial charge in [0.15, 0.2) is 12.6 Å². The predicted octanol–water partition coefficient (Wildman–Crippen LogP) is 11.8. The van der Waals surface area contributed by atoms with Crippen LogP contribution in [-0.4, -0.2) is 140 Å². The van der Waals surface area contributed by atoms with Crippen LogP contribution >= 0.6 is 0 Å². The van der Waals surface area contributed by atoms with Gasteiger partial charge in [-0.3, -0.25) is 4.79 Å². The van der Waals surface area contributed by atoms with Gasteiger partial charge in [-0.2, -0.15) is 0 Å². The van der Waals surface area contributed by atoms with Gasteiger partial charge in [-0.15, -0.1) is 0 Å². The smallest absolute Gasteiger partial charge is 0.220 e. The molecule has 2 aliphatic heterocycles. The molecule has 77 heavy (non-hydrogen) atoms. The molecule has 0 saturated carbocycles. The third-order valence-corrected chi connectivity index (χ3v) is 16.2. The lowest BCUT2D eigenvalue weighted by Gasteiger charge is -2.46. The summed E-state index contributed by atoms with van der Waals surface area (Å²) >= 11 is 0. The second-order valence-electron chi connectivity index (χ2n) is 23.3. The minimum absolute atomic E-state index is 0.238. The Morgan fingerprint density at radius 2 is 0.805 bits per heavy atom. The molecule has 0 aromatic carbocycles. The summed E-state index contributed by atoms with van der Waals surface area (Å²) in [4.78, 5) is 13.2. The maximum atomic E-state index is 13.2. The number of hydrogen-bond acceptors (Lipinski definition) is 13. The first-order chi connectivity index (χ1) is 37.6. The van der Waals surface area contributed by atoms with Crippen LogP contribution in [0.3, 0.4) is 0 Å². The first-order valence-corrected chi connectivity index (χ1v) is 32.4. The van der Waals surface area contributed by atoms with E-state index in [0.29, 0.717) is 6.42 Å². The summed E-state index contributed by atoms with van der Waals surface area (Å²) in [6.07, 6.45) is 41.6. The molecule has 14 nitrogen and oxygen atoms in total. The molecule has 1 amide bonds. The molecule has 456 valence electrons. The van der Waals surface area contributed by atoms with E-state index in [1.54, 1.807) is 6.08 Å². The highest BCUT2D eigenvalue weighted by Crippen LogP contribution is 2.30. The van der Waals surface area contributed by atoms with E-state index in [0.717, 1.165) is 38.5 Å². The SMILES string of the molecule is CCCCCCCCCCCCCCCCCCCCCCCCCCCCCCCCC/C=C/C(O)C(COC1OC(CO)C(OC2OC(CO)C(O)C(O)C2O)C(O)C1O)NC(=O)CCCCCCCCCCCC. The summed E-state index contributed by atoms with van der Waals surface area (Å²) < 4.78 is 22.8. The summed E-state index contributed by atoms with van der Waals surface area (Å²) in [6, 6.07) is -0.909. The second-order valence-corrected chi connectivity index (χ2v) is 23.3. The highest BCUT2D eigenvalue weighted by atomic mass is 16.7. The van der Waals surface area contributed by atoms with Gasteiger partial charge in [-0.1, -0.05) is 276 Å². The monoisotopic (exact) mass is 1100 g/mol. The van der Waals surface area contributed by atoms with Crippen LogP contribution in [0.25, 0.3) is 0 Å². The molecule has 12 atom stereocenters. The highest BCUT2D eigenvalue weighted by molar-refractivity contribution is 5.76. The van der Waals surface area contributed by atoms with Crippen molar-refractivity contribution in [2.75, 3.05) is 19.8 Å². The second kappa shape index (κ2) is 49.3. The van der Waals surface area contributed by atoms with Crippen molar-refractivity contribution in [1.82, 2.24) is 5.32 Å². The summed E-state index contributed by atoms with van der Waals surface area (Å²) in [5.74, 6) is -0.238. The molecule has 14 heteroatoms. The van der Waals surface area contributed by atoms with Gasteiger partial charge in [0.05, 0.1) is 32.0 Å². The van der Waals surface area contributed by atoms with Gasteiger partial charge in [-0.05, 0) is 19.3 Å². The van der Waals surface area contributed by atoms with Gasteiger partial charge in [0, 0.05) is 6.42 Å².